The number of alkyl halides is 3. The minimum atomic E-state index is -4.55. The molecular formula is C18H16F3IN2O2S. The quantitative estimate of drug-likeness (QED) is 0.430. The normalized spacial score (nSPS) is 11.0. The molecule has 0 aliphatic rings. The Morgan fingerprint density at radius 1 is 1.22 bits per heavy atom. The third kappa shape index (κ3) is 6.35. The first-order chi connectivity index (χ1) is 12.7. The van der Waals surface area contributed by atoms with Gasteiger partial charge >= 0.3 is 6.18 Å². The van der Waals surface area contributed by atoms with Gasteiger partial charge in [-0.25, -0.2) is 0 Å². The summed E-state index contributed by atoms with van der Waals surface area (Å²) >= 11 is 6.78. The Hall–Kier alpha value is -1.88. The van der Waals surface area contributed by atoms with E-state index in [1.807, 2.05) is 6.92 Å². The maximum Gasteiger partial charge on any atom is 0.418 e. The number of nitrogens with one attached hydrogen (secondary N) is 2. The number of amides is 1. The molecule has 2 N–H and O–H groups in total. The molecule has 0 radical (unpaired) electrons. The average Bonchev–Trinajstić information content (AvgIpc) is 2.60. The highest BCUT2D eigenvalue weighted by molar-refractivity contribution is 14.1. The fourth-order valence-electron chi connectivity index (χ4n) is 2.14. The van der Waals surface area contributed by atoms with Crippen LogP contribution < -0.4 is 15.4 Å². The lowest BCUT2D eigenvalue weighted by Gasteiger charge is -2.16. The van der Waals surface area contributed by atoms with Crippen LogP contribution in [0.3, 0.4) is 0 Å². The molecule has 0 aromatic heterocycles. The van der Waals surface area contributed by atoms with Gasteiger partial charge in [-0.05, 0) is 77.6 Å². The van der Waals surface area contributed by atoms with Crippen LogP contribution in [0.25, 0.3) is 0 Å². The molecule has 9 heteroatoms. The molecule has 0 fully saturated rings. The first-order valence-corrected chi connectivity index (χ1v) is 9.41. The maximum absolute atomic E-state index is 13.2. The van der Waals surface area contributed by atoms with Crippen LogP contribution in [0.5, 0.6) is 5.75 Å². The van der Waals surface area contributed by atoms with Crippen LogP contribution in [0.2, 0.25) is 0 Å². The van der Waals surface area contributed by atoms with Gasteiger partial charge in [0.2, 0.25) is 0 Å². The van der Waals surface area contributed by atoms with E-state index in [1.165, 1.54) is 12.1 Å². The van der Waals surface area contributed by atoms with Gasteiger partial charge in [0, 0.05) is 9.13 Å². The van der Waals surface area contributed by atoms with Crippen molar-refractivity contribution in [2.75, 3.05) is 11.9 Å². The smallest absolute Gasteiger partial charge is 0.418 e. The Bertz CT molecular complexity index is 844. The highest BCUT2D eigenvalue weighted by Gasteiger charge is 2.34. The molecule has 4 nitrogen and oxygen atoms in total. The highest BCUT2D eigenvalue weighted by Crippen LogP contribution is 2.35. The molecule has 0 spiro atoms. The minimum absolute atomic E-state index is 0.228. The number of thiocarbonyl (C=S) groups is 1. The van der Waals surface area contributed by atoms with Gasteiger partial charge in [0.15, 0.2) is 5.11 Å². The van der Waals surface area contributed by atoms with Crippen molar-refractivity contribution >= 4 is 51.5 Å². The fourth-order valence-corrected chi connectivity index (χ4v) is 2.83. The average molecular weight is 508 g/mol. The van der Waals surface area contributed by atoms with Gasteiger partial charge in [-0.15, -0.1) is 0 Å². The molecule has 1 amide bonds. The summed E-state index contributed by atoms with van der Waals surface area (Å²) < 4.78 is 45.4. The molecule has 27 heavy (non-hydrogen) atoms. The number of hydrogen-bond acceptors (Lipinski definition) is 3. The van der Waals surface area contributed by atoms with Crippen LogP contribution in [0.1, 0.15) is 29.3 Å². The van der Waals surface area contributed by atoms with Crippen LogP contribution in [0, 0.1) is 3.57 Å². The Morgan fingerprint density at radius 2 is 1.96 bits per heavy atom. The standard InChI is InChI=1S/C18H16F3IN2O2S/c1-2-8-26-13-5-3-4-11(9-13)16(25)24-17(27)23-15-7-6-12(22)10-14(15)18(19,20)21/h3-7,9-10H,2,8H2,1H3,(H2,23,24,25,27). The predicted molar refractivity (Wildman–Crippen MR) is 110 cm³/mol. The van der Waals surface area contributed by atoms with Crippen molar-refractivity contribution in [2.45, 2.75) is 19.5 Å². The molecule has 0 saturated heterocycles. The van der Waals surface area contributed by atoms with Crippen molar-refractivity contribution < 1.29 is 22.7 Å². The van der Waals surface area contributed by atoms with Crippen LogP contribution in [0.15, 0.2) is 42.5 Å². The van der Waals surface area contributed by atoms with Crippen LogP contribution in [-0.2, 0) is 6.18 Å². The molecular weight excluding hydrogens is 492 g/mol. The Morgan fingerprint density at radius 3 is 2.63 bits per heavy atom. The summed E-state index contributed by atoms with van der Waals surface area (Å²) in [4.78, 5) is 12.3. The number of hydrogen-bond donors (Lipinski definition) is 2. The van der Waals surface area contributed by atoms with Crippen LogP contribution in [0.4, 0.5) is 18.9 Å². The van der Waals surface area contributed by atoms with E-state index in [4.69, 9.17) is 17.0 Å². The predicted octanol–water partition coefficient (Wildman–Crippen LogP) is 5.23. The number of benzene rings is 2. The zero-order valence-electron chi connectivity index (χ0n) is 14.2. The second kappa shape index (κ2) is 9.36. The van der Waals surface area contributed by atoms with Crippen LogP contribution in [-0.4, -0.2) is 17.6 Å². The van der Waals surface area contributed by atoms with Crippen molar-refractivity contribution in [1.82, 2.24) is 5.32 Å². The van der Waals surface area contributed by atoms with E-state index in [0.717, 1.165) is 12.5 Å². The van der Waals surface area contributed by atoms with E-state index in [1.54, 1.807) is 46.9 Å². The van der Waals surface area contributed by atoms with Crippen molar-refractivity contribution in [3.05, 3.63) is 57.2 Å². The first-order valence-electron chi connectivity index (χ1n) is 7.92. The van der Waals surface area contributed by atoms with E-state index < -0.39 is 17.6 Å². The largest absolute Gasteiger partial charge is 0.494 e. The Labute approximate surface area is 173 Å². The lowest BCUT2D eigenvalue weighted by Crippen LogP contribution is -2.34. The number of carbonyl (C=O) groups is 1. The molecule has 0 heterocycles. The third-order valence-corrected chi connectivity index (χ3v) is 4.21. The minimum Gasteiger partial charge on any atom is -0.494 e. The maximum atomic E-state index is 13.2. The van der Waals surface area contributed by atoms with Crippen molar-refractivity contribution in [2.24, 2.45) is 0 Å². The molecule has 2 aromatic rings. The fraction of sp³-hybridized carbons (Fsp3) is 0.222. The van der Waals surface area contributed by atoms with Crippen molar-refractivity contribution in [3.63, 3.8) is 0 Å². The Balaban J connectivity index is 2.09. The summed E-state index contributed by atoms with van der Waals surface area (Å²) in [6.45, 7) is 2.47. The SMILES string of the molecule is CCCOc1cccc(C(=O)NC(=S)Nc2ccc(I)cc2C(F)(F)F)c1. The second-order valence-electron chi connectivity index (χ2n) is 5.47. The van der Waals surface area contributed by atoms with Gasteiger partial charge in [-0.3, -0.25) is 10.1 Å². The molecule has 0 bridgehead atoms. The number of halogens is 4. The Kier molecular flexibility index (Phi) is 7.42. The summed E-state index contributed by atoms with van der Waals surface area (Å²) in [5.74, 6) is -0.0195. The molecule has 0 saturated carbocycles. The van der Waals surface area contributed by atoms with Gasteiger partial charge in [-0.2, -0.15) is 13.2 Å². The van der Waals surface area contributed by atoms with E-state index in [9.17, 15) is 18.0 Å². The van der Waals surface area contributed by atoms with Crippen molar-refractivity contribution in [1.29, 1.82) is 0 Å². The zero-order valence-corrected chi connectivity index (χ0v) is 17.2. The van der Waals surface area contributed by atoms with Gasteiger partial charge in [0.1, 0.15) is 5.75 Å². The van der Waals surface area contributed by atoms with Crippen LogP contribution >= 0.6 is 34.8 Å². The third-order valence-electron chi connectivity index (χ3n) is 3.33. The lowest BCUT2D eigenvalue weighted by atomic mass is 10.1. The number of rotatable bonds is 5. The van der Waals surface area contributed by atoms with E-state index in [-0.39, 0.29) is 16.4 Å². The zero-order chi connectivity index (χ0) is 20.0. The van der Waals surface area contributed by atoms with Gasteiger partial charge in [0.25, 0.3) is 5.91 Å². The summed E-state index contributed by atoms with van der Waals surface area (Å²) in [5.41, 5.74) is -0.805. The molecule has 0 atom stereocenters. The molecule has 0 aliphatic heterocycles. The monoisotopic (exact) mass is 508 g/mol. The van der Waals surface area contributed by atoms with Gasteiger partial charge in [-0.1, -0.05) is 13.0 Å². The summed E-state index contributed by atoms with van der Waals surface area (Å²) in [6.07, 6.45) is -3.73. The topological polar surface area (TPSA) is 50.4 Å². The van der Waals surface area contributed by atoms with Crippen molar-refractivity contribution in [3.8, 4) is 5.75 Å². The highest BCUT2D eigenvalue weighted by atomic mass is 127. The molecule has 0 unspecified atom stereocenters. The number of carbonyl (C=O) groups excluding carboxylic acids is 1. The second-order valence-corrected chi connectivity index (χ2v) is 7.13. The molecule has 0 aliphatic carbocycles. The number of anilines is 1. The summed E-state index contributed by atoms with van der Waals surface area (Å²) in [7, 11) is 0. The first kappa shape index (κ1) is 21.4. The molecule has 2 rings (SSSR count). The molecule has 144 valence electrons. The van der Waals surface area contributed by atoms with E-state index in [2.05, 4.69) is 10.6 Å². The van der Waals surface area contributed by atoms with E-state index >= 15 is 0 Å². The summed E-state index contributed by atoms with van der Waals surface area (Å²) in [5, 5.41) is 4.59. The van der Waals surface area contributed by atoms with Gasteiger partial charge < -0.3 is 10.1 Å². The van der Waals surface area contributed by atoms with Gasteiger partial charge in [0.05, 0.1) is 17.9 Å². The molecule has 2 aromatic carbocycles. The van der Waals surface area contributed by atoms with E-state index in [0.29, 0.717) is 15.9 Å². The summed E-state index contributed by atoms with van der Waals surface area (Å²) in [6, 6.07) is 10.2. The number of ether oxygens (including phenoxy) is 1. The lowest BCUT2D eigenvalue weighted by molar-refractivity contribution is -0.137.